The number of hydrogen-bond acceptors (Lipinski definition) is 6. The fourth-order valence-corrected chi connectivity index (χ4v) is 3.52. The van der Waals surface area contributed by atoms with Crippen LogP contribution in [0.25, 0.3) is 22.3 Å². The molecular formula is C18H15FN6OS. The van der Waals surface area contributed by atoms with Gasteiger partial charge in [0, 0.05) is 0 Å². The number of fused-ring (bicyclic) bond motifs is 1. The van der Waals surface area contributed by atoms with Gasteiger partial charge in [0.25, 0.3) is 5.56 Å². The van der Waals surface area contributed by atoms with Gasteiger partial charge >= 0.3 is 0 Å². The molecule has 136 valence electrons. The molecule has 0 radical (unpaired) electrons. The van der Waals surface area contributed by atoms with Crippen molar-refractivity contribution >= 4 is 22.7 Å². The average molecular weight is 382 g/mol. The van der Waals surface area contributed by atoms with Crippen LogP contribution in [0.4, 0.5) is 4.39 Å². The van der Waals surface area contributed by atoms with Gasteiger partial charge in [-0.15, -0.1) is 10.2 Å². The van der Waals surface area contributed by atoms with E-state index in [2.05, 4.69) is 20.2 Å². The smallest absolute Gasteiger partial charge is 0.258 e. The highest BCUT2D eigenvalue weighted by molar-refractivity contribution is 7.99. The van der Waals surface area contributed by atoms with Crippen molar-refractivity contribution in [2.24, 2.45) is 0 Å². The number of aromatic nitrogens is 5. The molecule has 0 spiro atoms. The van der Waals surface area contributed by atoms with Gasteiger partial charge in [0.2, 0.25) is 5.16 Å². The van der Waals surface area contributed by atoms with Crippen molar-refractivity contribution in [1.29, 1.82) is 0 Å². The van der Waals surface area contributed by atoms with Gasteiger partial charge in [0.1, 0.15) is 11.6 Å². The largest absolute Gasteiger partial charge is 0.335 e. The molecule has 2 aromatic heterocycles. The number of thioether (sulfide) groups is 1. The zero-order valence-electron chi connectivity index (χ0n) is 14.3. The Morgan fingerprint density at radius 3 is 2.70 bits per heavy atom. The van der Waals surface area contributed by atoms with Gasteiger partial charge in [0.05, 0.1) is 21.7 Å². The van der Waals surface area contributed by atoms with Crippen LogP contribution in [-0.4, -0.2) is 24.8 Å². The number of aromatic amines is 1. The van der Waals surface area contributed by atoms with Crippen LogP contribution in [0.1, 0.15) is 18.0 Å². The van der Waals surface area contributed by atoms with Crippen LogP contribution in [0.5, 0.6) is 0 Å². The van der Waals surface area contributed by atoms with E-state index < -0.39 is 5.82 Å². The van der Waals surface area contributed by atoms with Crippen molar-refractivity contribution in [3.8, 4) is 11.4 Å². The van der Waals surface area contributed by atoms with Crippen molar-refractivity contribution in [3.05, 3.63) is 70.5 Å². The maximum absolute atomic E-state index is 14.0. The molecule has 9 heteroatoms. The fourth-order valence-electron chi connectivity index (χ4n) is 2.69. The second kappa shape index (κ2) is 6.84. The standard InChI is InChI=1S/C18H15FN6OS/c1-10(15-21-14-9-5-3-7-12(14)17(26)22-15)27-18-24-23-16(25(18)20)11-6-2-4-8-13(11)19/h2-10H,20H2,1H3,(H,21,22,26)/t10-/m1/s1. The summed E-state index contributed by atoms with van der Waals surface area (Å²) >= 11 is 1.27. The lowest BCUT2D eigenvalue weighted by Crippen LogP contribution is -2.15. The topological polar surface area (TPSA) is 102 Å². The first-order valence-electron chi connectivity index (χ1n) is 8.15. The van der Waals surface area contributed by atoms with Crippen LogP contribution in [0.3, 0.4) is 0 Å². The van der Waals surface area contributed by atoms with Crippen LogP contribution >= 0.6 is 11.8 Å². The summed E-state index contributed by atoms with van der Waals surface area (Å²) in [5.74, 6) is 6.36. The first-order valence-corrected chi connectivity index (χ1v) is 9.03. The molecule has 0 aliphatic rings. The maximum atomic E-state index is 14.0. The highest BCUT2D eigenvalue weighted by Crippen LogP contribution is 2.33. The van der Waals surface area contributed by atoms with Gasteiger partial charge in [-0.1, -0.05) is 36.0 Å². The number of rotatable bonds is 4. The quantitative estimate of drug-likeness (QED) is 0.416. The van der Waals surface area contributed by atoms with Crippen molar-refractivity contribution in [2.45, 2.75) is 17.3 Å². The molecular weight excluding hydrogens is 367 g/mol. The highest BCUT2D eigenvalue weighted by Gasteiger charge is 2.19. The second-order valence-corrected chi connectivity index (χ2v) is 7.19. The number of H-pyrrole nitrogens is 1. The Bertz CT molecular complexity index is 1190. The molecule has 0 aliphatic carbocycles. The van der Waals surface area contributed by atoms with Crippen LogP contribution in [-0.2, 0) is 0 Å². The predicted molar refractivity (Wildman–Crippen MR) is 102 cm³/mol. The van der Waals surface area contributed by atoms with Gasteiger partial charge in [-0.2, -0.15) is 0 Å². The first kappa shape index (κ1) is 17.2. The Labute approximate surface area is 157 Å². The Balaban J connectivity index is 1.65. The molecule has 27 heavy (non-hydrogen) atoms. The Morgan fingerprint density at radius 2 is 1.89 bits per heavy atom. The molecule has 0 bridgehead atoms. The molecule has 3 N–H and O–H groups in total. The van der Waals surface area contributed by atoms with E-state index >= 15 is 0 Å². The lowest BCUT2D eigenvalue weighted by Gasteiger charge is -2.11. The van der Waals surface area contributed by atoms with Crippen LogP contribution < -0.4 is 11.4 Å². The fraction of sp³-hybridized carbons (Fsp3) is 0.111. The van der Waals surface area contributed by atoms with E-state index in [-0.39, 0.29) is 22.2 Å². The summed E-state index contributed by atoms with van der Waals surface area (Å²) in [6.07, 6.45) is 0. The number of halogens is 1. The number of nitrogen functional groups attached to an aromatic ring is 1. The molecule has 7 nitrogen and oxygen atoms in total. The average Bonchev–Trinajstić information content (AvgIpc) is 3.02. The molecule has 1 atom stereocenters. The SMILES string of the molecule is C[C@@H](Sc1nnc(-c2ccccc2F)n1N)c1nc2ccccc2c(=O)[nH]1. The van der Waals surface area contributed by atoms with Gasteiger partial charge in [-0.3, -0.25) is 4.79 Å². The maximum Gasteiger partial charge on any atom is 0.258 e. The van der Waals surface area contributed by atoms with E-state index in [0.29, 0.717) is 21.9 Å². The zero-order valence-corrected chi connectivity index (χ0v) is 15.1. The third-order valence-electron chi connectivity index (χ3n) is 4.08. The minimum absolute atomic E-state index is 0.204. The number of para-hydroxylation sites is 1. The van der Waals surface area contributed by atoms with Crippen molar-refractivity contribution in [2.75, 3.05) is 5.84 Å². The molecule has 0 saturated carbocycles. The van der Waals surface area contributed by atoms with Gasteiger partial charge < -0.3 is 10.8 Å². The van der Waals surface area contributed by atoms with Gasteiger partial charge in [0.15, 0.2) is 5.82 Å². The number of nitrogens with zero attached hydrogens (tertiary/aromatic N) is 4. The van der Waals surface area contributed by atoms with E-state index in [4.69, 9.17) is 5.84 Å². The summed E-state index contributed by atoms with van der Waals surface area (Å²) in [5, 5.41) is 8.71. The predicted octanol–water partition coefficient (Wildman–Crippen LogP) is 2.89. The summed E-state index contributed by atoms with van der Waals surface area (Å²) in [4.78, 5) is 19.5. The molecule has 0 amide bonds. The molecule has 4 rings (SSSR count). The second-order valence-electron chi connectivity index (χ2n) is 5.88. The lowest BCUT2D eigenvalue weighted by atomic mass is 10.2. The summed E-state index contributed by atoms with van der Waals surface area (Å²) in [6.45, 7) is 1.87. The number of nitrogens with two attached hydrogens (primary N) is 1. The molecule has 0 saturated heterocycles. The van der Waals surface area contributed by atoms with Crippen LogP contribution in [0.2, 0.25) is 0 Å². The van der Waals surface area contributed by atoms with Gasteiger partial charge in [-0.05, 0) is 31.2 Å². The third-order valence-corrected chi connectivity index (χ3v) is 5.14. The molecule has 0 unspecified atom stereocenters. The third kappa shape index (κ3) is 3.17. The van der Waals surface area contributed by atoms with E-state index in [9.17, 15) is 9.18 Å². The lowest BCUT2D eigenvalue weighted by molar-refractivity contribution is 0.629. The van der Waals surface area contributed by atoms with Crippen molar-refractivity contribution < 1.29 is 4.39 Å². The zero-order chi connectivity index (χ0) is 19.0. The Hall–Kier alpha value is -3.20. The molecule has 2 heterocycles. The molecule has 2 aromatic carbocycles. The van der Waals surface area contributed by atoms with Crippen molar-refractivity contribution in [1.82, 2.24) is 24.8 Å². The monoisotopic (exact) mass is 382 g/mol. The summed E-state index contributed by atoms with van der Waals surface area (Å²) in [6, 6.07) is 13.3. The molecule has 0 aliphatic heterocycles. The first-order chi connectivity index (χ1) is 13.0. The van der Waals surface area contributed by atoms with Crippen LogP contribution in [0.15, 0.2) is 58.5 Å². The minimum Gasteiger partial charge on any atom is -0.335 e. The molecule has 0 fully saturated rings. The normalized spacial score (nSPS) is 12.4. The van der Waals surface area contributed by atoms with E-state index in [1.54, 1.807) is 36.4 Å². The van der Waals surface area contributed by atoms with Crippen molar-refractivity contribution in [3.63, 3.8) is 0 Å². The number of hydrogen-bond donors (Lipinski definition) is 2. The van der Waals surface area contributed by atoms with E-state index in [1.807, 2.05) is 13.0 Å². The Kier molecular flexibility index (Phi) is 4.36. The minimum atomic E-state index is -0.429. The van der Waals surface area contributed by atoms with Crippen LogP contribution in [0, 0.1) is 5.82 Å². The van der Waals surface area contributed by atoms with E-state index in [0.717, 1.165) is 0 Å². The summed E-state index contributed by atoms with van der Waals surface area (Å²) in [7, 11) is 0. The van der Waals surface area contributed by atoms with Gasteiger partial charge in [-0.25, -0.2) is 14.1 Å². The summed E-state index contributed by atoms with van der Waals surface area (Å²) in [5.41, 5.74) is 0.679. The highest BCUT2D eigenvalue weighted by atomic mass is 32.2. The Morgan fingerprint density at radius 1 is 1.15 bits per heavy atom. The molecule has 4 aromatic rings. The summed E-state index contributed by atoms with van der Waals surface area (Å²) < 4.78 is 15.2. The van der Waals surface area contributed by atoms with E-state index in [1.165, 1.54) is 22.5 Å². The number of nitrogens with one attached hydrogen (secondary N) is 1. The number of benzene rings is 2.